The predicted octanol–water partition coefficient (Wildman–Crippen LogP) is 2.91. The van der Waals surface area contributed by atoms with Crippen molar-refractivity contribution in [1.82, 2.24) is 14.4 Å². The first-order valence-electron chi connectivity index (χ1n) is 5.93. The van der Waals surface area contributed by atoms with Gasteiger partial charge in [0.15, 0.2) is 5.65 Å². The Morgan fingerprint density at radius 1 is 1.05 bits per heavy atom. The van der Waals surface area contributed by atoms with Crippen LogP contribution in [0.3, 0.4) is 0 Å². The molecule has 3 heterocycles. The monoisotopic (exact) mass is 244 g/mol. The Morgan fingerprint density at radius 3 is 2.84 bits per heavy atom. The fourth-order valence-electron chi connectivity index (χ4n) is 2.43. The lowest BCUT2D eigenvalue weighted by Crippen LogP contribution is -1.94. The van der Waals surface area contributed by atoms with Crippen molar-refractivity contribution in [1.29, 1.82) is 5.26 Å². The van der Waals surface area contributed by atoms with Crippen molar-refractivity contribution < 1.29 is 0 Å². The summed E-state index contributed by atoms with van der Waals surface area (Å²) in [7, 11) is 0. The molecule has 0 aliphatic heterocycles. The zero-order valence-electron chi connectivity index (χ0n) is 9.91. The summed E-state index contributed by atoms with van der Waals surface area (Å²) in [6.45, 7) is 0. The average molecular weight is 244 g/mol. The first kappa shape index (κ1) is 10.0. The molecule has 88 valence electrons. The van der Waals surface area contributed by atoms with Crippen LogP contribution in [0.4, 0.5) is 0 Å². The maximum Gasteiger partial charge on any atom is 0.157 e. The summed E-state index contributed by atoms with van der Waals surface area (Å²) in [4.78, 5) is 8.96. The minimum atomic E-state index is 0.566. The molecule has 0 fully saturated rings. The molecule has 0 bridgehead atoms. The van der Waals surface area contributed by atoms with E-state index in [1.165, 1.54) is 0 Å². The zero-order chi connectivity index (χ0) is 12.8. The van der Waals surface area contributed by atoms with E-state index in [2.05, 4.69) is 16.0 Å². The highest BCUT2D eigenvalue weighted by Gasteiger charge is 2.12. The van der Waals surface area contributed by atoms with Gasteiger partial charge in [-0.3, -0.25) is 4.40 Å². The molecule has 3 aromatic heterocycles. The number of hydrogen-bond donors (Lipinski definition) is 0. The summed E-state index contributed by atoms with van der Waals surface area (Å²) in [6.07, 6.45) is 1.75. The number of hydrogen-bond acceptors (Lipinski definition) is 3. The van der Waals surface area contributed by atoms with Crippen molar-refractivity contribution in [3.63, 3.8) is 0 Å². The van der Waals surface area contributed by atoms with Crippen molar-refractivity contribution in [3.05, 3.63) is 54.2 Å². The molecule has 4 nitrogen and oxygen atoms in total. The van der Waals surface area contributed by atoms with Crippen LogP contribution in [0, 0.1) is 11.3 Å². The Kier molecular flexibility index (Phi) is 1.86. The van der Waals surface area contributed by atoms with Gasteiger partial charge < -0.3 is 0 Å². The molecule has 4 rings (SSSR count). The highest BCUT2D eigenvalue weighted by molar-refractivity contribution is 5.91. The van der Waals surface area contributed by atoms with Gasteiger partial charge in [-0.15, -0.1) is 0 Å². The van der Waals surface area contributed by atoms with E-state index in [0.717, 1.165) is 22.1 Å². The standard InChI is InChI=1S/C15H8N4/c16-9-11-8-10-4-3-7-17-14(10)19-13-6-2-1-5-12(13)18-15(11)19/h1-8H. The van der Waals surface area contributed by atoms with Crippen LogP contribution in [-0.4, -0.2) is 14.4 Å². The quantitative estimate of drug-likeness (QED) is 0.478. The van der Waals surface area contributed by atoms with Crippen molar-refractivity contribution in [2.45, 2.75) is 0 Å². The second-order valence-electron chi connectivity index (χ2n) is 4.35. The van der Waals surface area contributed by atoms with Gasteiger partial charge in [-0.1, -0.05) is 12.1 Å². The summed E-state index contributed by atoms with van der Waals surface area (Å²) >= 11 is 0. The Morgan fingerprint density at radius 2 is 1.95 bits per heavy atom. The lowest BCUT2D eigenvalue weighted by atomic mass is 10.2. The van der Waals surface area contributed by atoms with Crippen LogP contribution >= 0.6 is 0 Å². The number of nitriles is 1. The van der Waals surface area contributed by atoms with Crippen LogP contribution in [0.15, 0.2) is 48.7 Å². The van der Waals surface area contributed by atoms with E-state index in [4.69, 9.17) is 0 Å². The second-order valence-corrected chi connectivity index (χ2v) is 4.35. The van der Waals surface area contributed by atoms with E-state index in [0.29, 0.717) is 11.2 Å². The number of para-hydroxylation sites is 2. The average Bonchev–Trinajstić information content (AvgIpc) is 2.86. The summed E-state index contributed by atoms with van der Waals surface area (Å²) in [5, 5.41) is 10.2. The molecule has 0 amide bonds. The molecule has 4 heteroatoms. The Labute approximate surface area is 108 Å². The number of rotatable bonds is 0. The molecule has 0 spiro atoms. The molecule has 0 radical (unpaired) electrons. The molecule has 0 atom stereocenters. The number of fused-ring (bicyclic) bond motifs is 5. The fourth-order valence-corrected chi connectivity index (χ4v) is 2.43. The highest BCUT2D eigenvalue weighted by Crippen LogP contribution is 2.24. The van der Waals surface area contributed by atoms with Gasteiger partial charge >= 0.3 is 0 Å². The maximum atomic E-state index is 9.30. The van der Waals surface area contributed by atoms with Gasteiger partial charge in [-0.25, -0.2) is 9.97 Å². The van der Waals surface area contributed by atoms with Crippen LogP contribution in [0.5, 0.6) is 0 Å². The summed E-state index contributed by atoms with van der Waals surface area (Å²) < 4.78 is 1.95. The zero-order valence-corrected chi connectivity index (χ0v) is 9.91. The Bertz CT molecular complexity index is 976. The van der Waals surface area contributed by atoms with Crippen LogP contribution < -0.4 is 0 Å². The second kappa shape index (κ2) is 3.53. The summed E-state index contributed by atoms with van der Waals surface area (Å²) in [5.41, 5.74) is 3.90. The van der Waals surface area contributed by atoms with E-state index in [1.54, 1.807) is 6.20 Å². The van der Waals surface area contributed by atoms with Gasteiger partial charge in [-0.2, -0.15) is 5.26 Å². The molecule has 0 saturated carbocycles. The highest BCUT2D eigenvalue weighted by atomic mass is 15.1. The van der Waals surface area contributed by atoms with E-state index >= 15 is 0 Å². The smallest absolute Gasteiger partial charge is 0.157 e. The van der Waals surface area contributed by atoms with Gasteiger partial charge in [-0.05, 0) is 30.3 Å². The first-order valence-corrected chi connectivity index (χ1v) is 5.93. The topological polar surface area (TPSA) is 54.0 Å². The summed E-state index contributed by atoms with van der Waals surface area (Å²) in [5.74, 6) is 0. The van der Waals surface area contributed by atoms with Crippen molar-refractivity contribution in [3.8, 4) is 6.07 Å². The van der Waals surface area contributed by atoms with Gasteiger partial charge in [0.05, 0.1) is 16.6 Å². The minimum Gasteiger partial charge on any atom is -0.275 e. The normalized spacial score (nSPS) is 11.1. The van der Waals surface area contributed by atoms with Crippen molar-refractivity contribution >= 4 is 27.7 Å². The SMILES string of the molecule is N#Cc1cc2cccnc2n2c1nc1ccccc12. The third kappa shape index (κ3) is 1.27. The van der Waals surface area contributed by atoms with Crippen LogP contribution in [-0.2, 0) is 0 Å². The molecule has 0 N–H and O–H groups in total. The molecule has 1 aromatic carbocycles. The molecule has 0 aliphatic carbocycles. The Hall–Kier alpha value is -2.93. The minimum absolute atomic E-state index is 0.566. The number of nitrogens with zero attached hydrogens (tertiary/aromatic N) is 4. The fraction of sp³-hybridized carbons (Fsp3) is 0. The number of benzene rings is 1. The molecule has 0 aliphatic rings. The van der Waals surface area contributed by atoms with Gasteiger partial charge in [0, 0.05) is 11.6 Å². The third-order valence-corrected chi connectivity index (χ3v) is 3.25. The van der Waals surface area contributed by atoms with Gasteiger partial charge in [0.1, 0.15) is 11.7 Å². The Balaban J connectivity index is 2.41. The van der Waals surface area contributed by atoms with Gasteiger partial charge in [0.2, 0.25) is 0 Å². The van der Waals surface area contributed by atoms with Crippen LogP contribution in [0.2, 0.25) is 0 Å². The van der Waals surface area contributed by atoms with Crippen molar-refractivity contribution in [2.24, 2.45) is 0 Å². The van der Waals surface area contributed by atoms with Gasteiger partial charge in [0.25, 0.3) is 0 Å². The molecular weight excluding hydrogens is 236 g/mol. The predicted molar refractivity (Wildman–Crippen MR) is 72.7 cm³/mol. The van der Waals surface area contributed by atoms with Crippen molar-refractivity contribution in [2.75, 3.05) is 0 Å². The molecule has 0 unspecified atom stereocenters. The first-order chi connectivity index (χ1) is 9.38. The number of pyridine rings is 2. The largest absolute Gasteiger partial charge is 0.275 e. The summed E-state index contributed by atoms with van der Waals surface area (Å²) in [6, 6.07) is 15.7. The number of aromatic nitrogens is 3. The van der Waals surface area contributed by atoms with E-state index in [9.17, 15) is 5.26 Å². The number of imidazole rings is 1. The molecule has 0 saturated heterocycles. The lowest BCUT2D eigenvalue weighted by Gasteiger charge is -2.03. The van der Waals surface area contributed by atoms with E-state index in [-0.39, 0.29) is 0 Å². The lowest BCUT2D eigenvalue weighted by molar-refractivity contribution is 1.21. The van der Waals surface area contributed by atoms with E-state index < -0.39 is 0 Å². The maximum absolute atomic E-state index is 9.30. The van der Waals surface area contributed by atoms with Crippen LogP contribution in [0.25, 0.3) is 27.7 Å². The molecular formula is C15H8N4. The van der Waals surface area contributed by atoms with E-state index in [1.807, 2.05) is 46.9 Å². The molecule has 4 aromatic rings. The van der Waals surface area contributed by atoms with Crippen LogP contribution in [0.1, 0.15) is 5.56 Å². The third-order valence-electron chi connectivity index (χ3n) is 3.25. The molecule has 19 heavy (non-hydrogen) atoms.